The molecule has 5 rings (SSSR count). The van der Waals surface area contributed by atoms with E-state index in [0.29, 0.717) is 31.0 Å². The van der Waals surface area contributed by atoms with E-state index in [9.17, 15) is 9.59 Å². The molecule has 0 aliphatic carbocycles. The van der Waals surface area contributed by atoms with E-state index in [1.165, 1.54) is 5.56 Å². The average Bonchev–Trinajstić information content (AvgIpc) is 3.41. The second-order valence-corrected chi connectivity index (χ2v) is 8.41. The van der Waals surface area contributed by atoms with Crippen molar-refractivity contribution in [3.8, 4) is 0 Å². The van der Waals surface area contributed by atoms with Crippen LogP contribution in [0.4, 0.5) is 5.69 Å². The molecular weight excluding hydrogens is 390 g/mol. The maximum Gasteiger partial charge on any atom is 0.291 e. The van der Waals surface area contributed by atoms with E-state index in [1.54, 1.807) is 13.8 Å². The van der Waals surface area contributed by atoms with E-state index in [0.717, 1.165) is 17.7 Å². The number of aryl methyl sites for hydroxylation is 3. The number of carbonyl (C=O) groups excluding carboxylic acids is 2. The van der Waals surface area contributed by atoms with Gasteiger partial charge in [-0.25, -0.2) is 4.98 Å². The number of benzene rings is 2. The lowest BCUT2D eigenvalue weighted by Gasteiger charge is -2.34. The standard InChI is InChI=1S/C25H25N3O3/c1-16-22(31-17(2)26-16)23(29)28-15-14-25(19-10-6-7-11-20(19)27-24(25)30)21(28)13-12-18-8-4-3-5-9-18/h3-11,21H,12-15H2,1-2H3,(H,27,30)/t21-,25+/m0/s1. The number of hydrogen-bond donors (Lipinski definition) is 1. The van der Waals surface area contributed by atoms with Crippen LogP contribution in [0.25, 0.3) is 0 Å². The van der Waals surface area contributed by atoms with E-state index < -0.39 is 5.41 Å². The highest BCUT2D eigenvalue weighted by Gasteiger charge is 2.58. The SMILES string of the molecule is Cc1nc(C)c(C(=O)N2CC[C@]3(C(=O)Nc4ccccc43)[C@@H]2CCc2ccccc2)o1. The smallest absolute Gasteiger partial charge is 0.291 e. The normalized spacial score (nSPS) is 22.1. The van der Waals surface area contributed by atoms with Crippen LogP contribution in [0.3, 0.4) is 0 Å². The average molecular weight is 415 g/mol. The molecule has 1 spiro atoms. The second-order valence-electron chi connectivity index (χ2n) is 8.41. The highest BCUT2D eigenvalue weighted by molar-refractivity contribution is 6.08. The van der Waals surface area contributed by atoms with E-state index in [2.05, 4.69) is 22.4 Å². The maximum atomic E-state index is 13.5. The fourth-order valence-electron chi connectivity index (χ4n) is 5.26. The molecule has 2 aliphatic heterocycles. The summed E-state index contributed by atoms with van der Waals surface area (Å²) in [5.74, 6) is 0.531. The quantitative estimate of drug-likeness (QED) is 0.698. The summed E-state index contributed by atoms with van der Waals surface area (Å²) in [6, 6.07) is 17.8. The third-order valence-electron chi connectivity index (χ3n) is 6.66. The lowest BCUT2D eigenvalue weighted by molar-refractivity contribution is -0.121. The number of fused-ring (bicyclic) bond motifs is 2. The lowest BCUT2D eigenvalue weighted by Crippen LogP contribution is -2.49. The number of hydrogen-bond acceptors (Lipinski definition) is 4. The molecule has 0 unspecified atom stereocenters. The lowest BCUT2D eigenvalue weighted by atomic mass is 9.73. The predicted octanol–water partition coefficient (Wildman–Crippen LogP) is 4.03. The first-order valence-corrected chi connectivity index (χ1v) is 10.7. The van der Waals surface area contributed by atoms with E-state index in [4.69, 9.17) is 4.42 Å². The van der Waals surface area contributed by atoms with Gasteiger partial charge in [0.05, 0.1) is 17.2 Å². The molecule has 6 nitrogen and oxygen atoms in total. The van der Waals surface area contributed by atoms with Crippen molar-refractivity contribution < 1.29 is 14.0 Å². The van der Waals surface area contributed by atoms with Gasteiger partial charge in [-0.15, -0.1) is 0 Å². The fourth-order valence-corrected chi connectivity index (χ4v) is 5.26. The zero-order chi connectivity index (χ0) is 21.6. The van der Waals surface area contributed by atoms with Gasteiger partial charge in [-0.05, 0) is 43.4 Å². The Morgan fingerprint density at radius 2 is 1.90 bits per heavy atom. The van der Waals surface area contributed by atoms with E-state index in [-0.39, 0.29) is 23.6 Å². The number of amides is 2. The van der Waals surface area contributed by atoms with Gasteiger partial charge in [0.15, 0.2) is 5.89 Å². The van der Waals surface area contributed by atoms with Crippen molar-refractivity contribution in [1.82, 2.24) is 9.88 Å². The molecular formula is C25H25N3O3. The number of anilines is 1. The Morgan fingerprint density at radius 1 is 1.16 bits per heavy atom. The number of para-hydroxylation sites is 1. The molecule has 1 fully saturated rings. The van der Waals surface area contributed by atoms with Gasteiger partial charge in [0.1, 0.15) is 0 Å². The highest BCUT2D eigenvalue weighted by Crippen LogP contribution is 2.49. The molecule has 6 heteroatoms. The van der Waals surface area contributed by atoms with Gasteiger partial charge in [0.2, 0.25) is 11.7 Å². The molecule has 3 heterocycles. The molecule has 2 aliphatic rings. The number of nitrogens with one attached hydrogen (secondary N) is 1. The molecule has 0 radical (unpaired) electrons. The van der Waals surface area contributed by atoms with Crippen LogP contribution in [0.5, 0.6) is 0 Å². The third-order valence-corrected chi connectivity index (χ3v) is 6.66. The van der Waals surface area contributed by atoms with Crippen LogP contribution in [0.15, 0.2) is 59.0 Å². The van der Waals surface area contributed by atoms with Gasteiger partial charge in [0, 0.05) is 19.2 Å². The summed E-state index contributed by atoms with van der Waals surface area (Å²) in [4.78, 5) is 33.0. The summed E-state index contributed by atoms with van der Waals surface area (Å²) in [6.07, 6.45) is 2.05. The summed E-state index contributed by atoms with van der Waals surface area (Å²) < 4.78 is 5.64. The van der Waals surface area contributed by atoms with Gasteiger partial charge in [-0.3, -0.25) is 9.59 Å². The van der Waals surface area contributed by atoms with Gasteiger partial charge in [-0.1, -0.05) is 48.5 Å². The minimum absolute atomic E-state index is 0.0208. The molecule has 2 aromatic carbocycles. The third kappa shape index (κ3) is 3.05. The van der Waals surface area contributed by atoms with Crippen LogP contribution in [-0.2, 0) is 16.6 Å². The maximum absolute atomic E-state index is 13.5. The number of aromatic nitrogens is 1. The molecule has 31 heavy (non-hydrogen) atoms. The van der Waals surface area contributed by atoms with Crippen molar-refractivity contribution in [3.05, 3.63) is 83.1 Å². The van der Waals surface area contributed by atoms with Crippen molar-refractivity contribution in [3.63, 3.8) is 0 Å². The van der Waals surface area contributed by atoms with Gasteiger partial charge < -0.3 is 14.6 Å². The first-order chi connectivity index (χ1) is 15.0. The van der Waals surface area contributed by atoms with Crippen LogP contribution in [-0.4, -0.2) is 34.3 Å². The van der Waals surface area contributed by atoms with Crippen molar-refractivity contribution in [2.75, 3.05) is 11.9 Å². The fraction of sp³-hybridized carbons (Fsp3) is 0.320. The molecule has 1 saturated heterocycles. The zero-order valence-electron chi connectivity index (χ0n) is 17.7. The van der Waals surface area contributed by atoms with Gasteiger partial charge >= 0.3 is 0 Å². The van der Waals surface area contributed by atoms with Crippen LogP contribution in [0.2, 0.25) is 0 Å². The van der Waals surface area contributed by atoms with Gasteiger partial charge in [-0.2, -0.15) is 0 Å². The summed E-state index contributed by atoms with van der Waals surface area (Å²) in [5.41, 5.74) is 2.86. The minimum Gasteiger partial charge on any atom is -0.436 e. The number of nitrogens with zero attached hydrogens (tertiary/aromatic N) is 2. The largest absolute Gasteiger partial charge is 0.436 e. The zero-order valence-corrected chi connectivity index (χ0v) is 17.7. The second kappa shape index (κ2) is 7.38. The van der Waals surface area contributed by atoms with Crippen LogP contribution >= 0.6 is 0 Å². The monoisotopic (exact) mass is 415 g/mol. The number of oxazole rings is 1. The molecule has 0 saturated carbocycles. The van der Waals surface area contributed by atoms with Crippen LogP contribution in [0.1, 0.15) is 46.1 Å². The number of carbonyl (C=O) groups is 2. The van der Waals surface area contributed by atoms with Crippen molar-refractivity contribution in [2.24, 2.45) is 0 Å². The topological polar surface area (TPSA) is 75.4 Å². The van der Waals surface area contributed by atoms with Crippen molar-refractivity contribution in [1.29, 1.82) is 0 Å². The Bertz CT molecular complexity index is 1150. The van der Waals surface area contributed by atoms with Crippen LogP contribution < -0.4 is 5.32 Å². The van der Waals surface area contributed by atoms with Gasteiger partial charge in [0.25, 0.3) is 5.91 Å². The summed E-state index contributed by atoms with van der Waals surface area (Å²) in [5, 5.41) is 3.06. The molecule has 2 amide bonds. The molecule has 2 atom stereocenters. The molecule has 1 N–H and O–H groups in total. The van der Waals surface area contributed by atoms with Crippen molar-refractivity contribution >= 4 is 17.5 Å². The predicted molar refractivity (Wildman–Crippen MR) is 117 cm³/mol. The van der Waals surface area contributed by atoms with Crippen molar-refractivity contribution in [2.45, 2.75) is 44.6 Å². The molecule has 158 valence electrons. The molecule has 1 aromatic heterocycles. The number of likely N-dealkylation sites (tertiary alicyclic amines) is 1. The molecule has 0 bridgehead atoms. The summed E-state index contributed by atoms with van der Waals surface area (Å²) in [6.45, 7) is 4.02. The Labute approximate surface area is 181 Å². The highest BCUT2D eigenvalue weighted by atomic mass is 16.4. The minimum atomic E-state index is -0.746. The summed E-state index contributed by atoms with van der Waals surface area (Å²) in [7, 11) is 0. The molecule has 3 aromatic rings. The van der Waals surface area contributed by atoms with E-state index >= 15 is 0 Å². The first-order valence-electron chi connectivity index (χ1n) is 10.7. The van der Waals surface area contributed by atoms with E-state index in [1.807, 2.05) is 47.4 Å². The Hall–Kier alpha value is -3.41. The summed E-state index contributed by atoms with van der Waals surface area (Å²) >= 11 is 0. The Morgan fingerprint density at radius 3 is 2.65 bits per heavy atom. The van der Waals surface area contributed by atoms with Crippen LogP contribution in [0, 0.1) is 13.8 Å². The number of rotatable bonds is 4. The first kappa shape index (κ1) is 19.5. The Balaban J connectivity index is 1.55. The Kier molecular flexibility index (Phi) is 4.65.